The summed E-state index contributed by atoms with van der Waals surface area (Å²) in [5, 5.41) is 3.26. The number of hydrogen-bond donors (Lipinski definition) is 2. The maximum atomic E-state index is 11.5. The van der Waals surface area contributed by atoms with E-state index in [2.05, 4.69) is 10.0 Å². The third-order valence-corrected chi connectivity index (χ3v) is 3.21. The molecule has 1 amide bonds. The van der Waals surface area contributed by atoms with Gasteiger partial charge in [-0.05, 0) is 25.6 Å². The van der Waals surface area contributed by atoms with Crippen LogP contribution in [0.3, 0.4) is 0 Å². The summed E-state index contributed by atoms with van der Waals surface area (Å²) >= 11 is 4.97. The highest BCUT2D eigenvalue weighted by atomic mass is 32.2. The molecule has 0 radical (unpaired) electrons. The molecule has 0 saturated carbocycles. The first-order valence-electron chi connectivity index (χ1n) is 4.88. The zero-order valence-electron chi connectivity index (χ0n) is 9.19. The summed E-state index contributed by atoms with van der Waals surface area (Å²) in [6.45, 7) is 2.47. The van der Waals surface area contributed by atoms with E-state index in [-0.39, 0.29) is 11.9 Å². The Bertz CT molecular complexity index is 393. The summed E-state index contributed by atoms with van der Waals surface area (Å²) in [4.78, 5) is 13.0. The fraction of sp³-hybridized carbons (Fsp3) is 0.750. The molecule has 8 heteroatoms. The van der Waals surface area contributed by atoms with E-state index in [1.54, 1.807) is 6.92 Å². The number of nitrogens with one attached hydrogen (secondary N) is 2. The van der Waals surface area contributed by atoms with Gasteiger partial charge in [-0.25, -0.2) is 13.1 Å². The van der Waals surface area contributed by atoms with Crippen LogP contribution in [-0.4, -0.2) is 49.7 Å². The summed E-state index contributed by atoms with van der Waals surface area (Å²) in [5.41, 5.74) is 0. The van der Waals surface area contributed by atoms with Gasteiger partial charge in [0.1, 0.15) is 6.04 Å². The van der Waals surface area contributed by atoms with E-state index < -0.39 is 10.0 Å². The highest BCUT2D eigenvalue weighted by Gasteiger charge is 2.31. The molecule has 1 aliphatic rings. The minimum Gasteiger partial charge on any atom is -0.351 e. The van der Waals surface area contributed by atoms with Crippen LogP contribution in [0.25, 0.3) is 0 Å². The van der Waals surface area contributed by atoms with Crippen molar-refractivity contribution in [1.29, 1.82) is 0 Å². The lowest BCUT2D eigenvalue weighted by Gasteiger charge is -2.14. The maximum Gasteiger partial charge on any atom is 0.250 e. The van der Waals surface area contributed by atoms with Gasteiger partial charge in [0.15, 0.2) is 5.11 Å². The molecule has 0 unspecified atom stereocenters. The van der Waals surface area contributed by atoms with Crippen LogP contribution in [0, 0.1) is 0 Å². The van der Waals surface area contributed by atoms with Crippen LogP contribution in [0.4, 0.5) is 0 Å². The zero-order chi connectivity index (χ0) is 12.3. The standard InChI is InChI=1S/C8H15N3O3S2/c1-6-7(12)11(8(15)10-6)5-3-4-9-16(2,13)14/h6,9H,3-5H2,1-2H3,(H,10,15)/t6-/m0/s1. The fourth-order valence-corrected chi connectivity index (χ4v) is 2.24. The molecule has 2 N–H and O–H groups in total. The highest BCUT2D eigenvalue weighted by molar-refractivity contribution is 7.88. The zero-order valence-corrected chi connectivity index (χ0v) is 10.8. The molecule has 0 spiro atoms. The Kier molecular flexibility index (Phi) is 4.22. The van der Waals surface area contributed by atoms with Crippen molar-refractivity contribution in [3.8, 4) is 0 Å². The third-order valence-electron chi connectivity index (χ3n) is 2.14. The normalized spacial score (nSPS) is 21.4. The second-order valence-electron chi connectivity index (χ2n) is 3.68. The Labute approximate surface area is 100 Å². The van der Waals surface area contributed by atoms with Crippen molar-refractivity contribution >= 4 is 33.3 Å². The molecule has 1 atom stereocenters. The van der Waals surface area contributed by atoms with Gasteiger partial charge in [-0.15, -0.1) is 0 Å². The van der Waals surface area contributed by atoms with Gasteiger partial charge in [-0.1, -0.05) is 0 Å². The second kappa shape index (κ2) is 5.07. The molecule has 0 aromatic rings. The molecule has 1 aliphatic heterocycles. The quantitative estimate of drug-likeness (QED) is 0.494. The Morgan fingerprint density at radius 1 is 1.56 bits per heavy atom. The van der Waals surface area contributed by atoms with E-state index in [1.807, 2.05) is 0 Å². The van der Waals surface area contributed by atoms with Crippen molar-refractivity contribution in [2.24, 2.45) is 0 Å². The van der Waals surface area contributed by atoms with Crippen molar-refractivity contribution in [3.63, 3.8) is 0 Å². The van der Waals surface area contributed by atoms with Crippen molar-refractivity contribution in [3.05, 3.63) is 0 Å². The number of sulfonamides is 1. The first-order chi connectivity index (χ1) is 7.31. The van der Waals surface area contributed by atoms with E-state index in [9.17, 15) is 13.2 Å². The SMILES string of the molecule is C[C@@H]1NC(=S)N(CCCNS(C)(=O)=O)C1=O. The van der Waals surface area contributed by atoms with Gasteiger partial charge in [0.05, 0.1) is 6.26 Å². The molecule has 1 fully saturated rings. The summed E-state index contributed by atoms with van der Waals surface area (Å²) in [6.07, 6.45) is 1.63. The van der Waals surface area contributed by atoms with Gasteiger partial charge in [0.2, 0.25) is 10.0 Å². The van der Waals surface area contributed by atoms with Crippen LogP contribution < -0.4 is 10.0 Å². The number of carbonyl (C=O) groups is 1. The van der Waals surface area contributed by atoms with E-state index >= 15 is 0 Å². The van der Waals surface area contributed by atoms with Gasteiger partial charge in [-0.3, -0.25) is 9.69 Å². The Morgan fingerprint density at radius 2 is 2.19 bits per heavy atom. The van der Waals surface area contributed by atoms with Crippen LogP contribution in [0.1, 0.15) is 13.3 Å². The number of carbonyl (C=O) groups excluding carboxylic acids is 1. The highest BCUT2D eigenvalue weighted by Crippen LogP contribution is 2.06. The van der Waals surface area contributed by atoms with Crippen molar-refractivity contribution in [1.82, 2.24) is 14.9 Å². The lowest BCUT2D eigenvalue weighted by molar-refractivity contribution is -0.126. The molecule has 1 saturated heterocycles. The predicted molar refractivity (Wildman–Crippen MR) is 64.4 cm³/mol. The Hall–Kier alpha value is -0.730. The average Bonchev–Trinajstić information content (AvgIpc) is 2.36. The molecule has 6 nitrogen and oxygen atoms in total. The smallest absolute Gasteiger partial charge is 0.250 e. The van der Waals surface area contributed by atoms with E-state index in [4.69, 9.17) is 12.2 Å². The van der Waals surface area contributed by atoms with Crippen LogP contribution in [-0.2, 0) is 14.8 Å². The average molecular weight is 265 g/mol. The monoisotopic (exact) mass is 265 g/mol. The largest absolute Gasteiger partial charge is 0.351 e. The lowest BCUT2D eigenvalue weighted by Crippen LogP contribution is -2.34. The summed E-state index contributed by atoms with van der Waals surface area (Å²) in [7, 11) is -3.16. The number of rotatable bonds is 5. The molecular weight excluding hydrogens is 250 g/mol. The molecular formula is C8H15N3O3S2. The molecule has 0 aromatic carbocycles. The van der Waals surface area contributed by atoms with Crippen molar-refractivity contribution in [2.45, 2.75) is 19.4 Å². The van der Waals surface area contributed by atoms with E-state index in [1.165, 1.54) is 4.90 Å². The predicted octanol–water partition coefficient (Wildman–Crippen LogP) is -0.969. The molecule has 1 rings (SSSR count). The maximum absolute atomic E-state index is 11.5. The summed E-state index contributed by atoms with van der Waals surface area (Å²) in [5.74, 6) is -0.0654. The van der Waals surface area contributed by atoms with Gasteiger partial charge in [0.25, 0.3) is 5.91 Å². The molecule has 0 aliphatic carbocycles. The van der Waals surface area contributed by atoms with Gasteiger partial charge < -0.3 is 5.32 Å². The Morgan fingerprint density at radius 3 is 2.62 bits per heavy atom. The topological polar surface area (TPSA) is 78.5 Å². The van der Waals surface area contributed by atoms with E-state index in [0.717, 1.165) is 6.26 Å². The second-order valence-corrected chi connectivity index (χ2v) is 5.90. The van der Waals surface area contributed by atoms with Crippen molar-refractivity contribution in [2.75, 3.05) is 19.3 Å². The first kappa shape index (κ1) is 13.3. The number of hydrogen-bond acceptors (Lipinski definition) is 4. The summed E-state index contributed by atoms with van der Waals surface area (Å²) in [6, 6.07) is -0.282. The third kappa shape index (κ3) is 3.69. The number of nitrogens with zero attached hydrogens (tertiary/aromatic N) is 1. The Balaban J connectivity index is 2.33. The van der Waals surface area contributed by atoms with E-state index in [0.29, 0.717) is 24.6 Å². The van der Waals surface area contributed by atoms with Gasteiger partial charge in [-0.2, -0.15) is 0 Å². The first-order valence-corrected chi connectivity index (χ1v) is 7.18. The minimum atomic E-state index is -3.16. The van der Waals surface area contributed by atoms with Crippen LogP contribution in [0.15, 0.2) is 0 Å². The van der Waals surface area contributed by atoms with Gasteiger partial charge >= 0.3 is 0 Å². The minimum absolute atomic E-state index is 0.0654. The molecule has 92 valence electrons. The fourth-order valence-electron chi connectivity index (χ4n) is 1.37. The van der Waals surface area contributed by atoms with Crippen LogP contribution in [0.5, 0.6) is 0 Å². The molecule has 1 heterocycles. The van der Waals surface area contributed by atoms with Crippen molar-refractivity contribution < 1.29 is 13.2 Å². The molecule has 0 bridgehead atoms. The van der Waals surface area contributed by atoms with Gasteiger partial charge in [0, 0.05) is 13.1 Å². The van der Waals surface area contributed by atoms with Crippen LogP contribution in [0.2, 0.25) is 0 Å². The summed E-state index contributed by atoms with van der Waals surface area (Å²) < 4.78 is 23.9. The van der Waals surface area contributed by atoms with Crippen LogP contribution >= 0.6 is 12.2 Å². The number of thiocarbonyl (C=S) groups is 1. The lowest BCUT2D eigenvalue weighted by atomic mass is 10.3. The molecule has 0 aromatic heterocycles. The molecule has 16 heavy (non-hydrogen) atoms. The number of amides is 1.